The molecule has 0 radical (unpaired) electrons. The topological polar surface area (TPSA) is 79.8 Å². The maximum absolute atomic E-state index is 13.9. The van der Waals surface area contributed by atoms with Crippen molar-refractivity contribution >= 4 is 56.8 Å². The molecule has 0 aliphatic carbocycles. The molecule has 0 bridgehead atoms. The quantitative estimate of drug-likeness (QED) is 0.378. The lowest BCUT2D eigenvalue weighted by Crippen LogP contribution is -2.13. The fourth-order valence-electron chi connectivity index (χ4n) is 2.70. The molecule has 4 rings (SSSR count). The van der Waals surface area contributed by atoms with Gasteiger partial charge in [0, 0.05) is 16.6 Å². The van der Waals surface area contributed by atoms with Gasteiger partial charge in [0.1, 0.15) is 11.6 Å². The van der Waals surface area contributed by atoms with Crippen molar-refractivity contribution in [2.45, 2.75) is 13.8 Å². The normalized spacial score (nSPS) is 10.8. The number of hydrogen-bond donors (Lipinski definition) is 2. The van der Waals surface area contributed by atoms with Crippen LogP contribution in [-0.4, -0.2) is 20.9 Å². The van der Waals surface area contributed by atoms with Crippen LogP contribution in [0.5, 0.6) is 0 Å². The van der Waals surface area contributed by atoms with E-state index in [1.807, 2.05) is 19.2 Å². The van der Waals surface area contributed by atoms with Crippen molar-refractivity contribution in [3.8, 4) is 10.6 Å². The number of nitrogens with one attached hydrogen (secondary N) is 2. The summed E-state index contributed by atoms with van der Waals surface area (Å²) >= 11 is 8.79. The molecule has 3 aromatic heterocycles. The average Bonchev–Trinajstić information content (AvgIpc) is 3.30. The van der Waals surface area contributed by atoms with Crippen LogP contribution in [0.3, 0.4) is 0 Å². The van der Waals surface area contributed by atoms with Crippen LogP contribution in [0.1, 0.15) is 21.1 Å². The molecular formula is C20H15ClFN5OS2. The Balaban J connectivity index is 1.44. The lowest BCUT2D eigenvalue weighted by molar-refractivity contribution is 0.102. The monoisotopic (exact) mass is 459 g/mol. The third-order valence-electron chi connectivity index (χ3n) is 4.08. The van der Waals surface area contributed by atoms with Crippen LogP contribution in [-0.2, 0) is 0 Å². The van der Waals surface area contributed by atoms with E-state index < -0.39 is 11.7 Å². The van der Waals surface area contributed by atoms with Crippen LogP contribution >= 0.6 is 34.3 Å². The van der Waals surface area contributed by atoms with Gasteiger partial charge in [-0.1, -0.05) is 11.6 Å². The zero-order valence-corrected chi connectivity index (χ0v) is 18.3. The highest BCUT2D eigenvalue weighted by Crippen LogP contribution is 2.32. The largest absolute Gasteiger partial charge is 0.319 e. The van der Waals surface area contributed by atoms with E-state index in [1.54, 1.807) is 23.5 Å². The highest BCUT2D eigenvalue weighted by atomic mass is 35.5. The maximum atomic E-state index is 13.9. The lowest BCUT2D eigenvalue weighted by atomic mass is 10.2. The molecule has 3 heterocycles. The number of rotatable bonds is 5. The van der Waals surface area contributed by atoms with Crippen molar-refractivity contribution in [2.24, 2.45) is 0 Å². The number of benzene rings is 1. The summed E-state index contributed by atoms with van der Waals surface area (Å²) in [4.78, 5) is 26.6. The van der Waals surface area contributed by atoms with Gasteiger partial charge < -0.3 is 10.6 Å². The van der Waals surface area contributed by atoms with Crippen LogP contribution in [0.15, 0.2) is 41.9 Å². The first kappa shape index (κ1) is 20.4. The van der Waals surface area contributed by atoms with E-state index in [-0.39, 0.29) is 10.7 Å². The Bertz CT molecular complexity index is 1220. The second-order valence-corrected chi connectivity index (χ2v) is 8.82. The fourth-order valence-corrected chi connectivity index (χ4v) is 4.52. The Hall–Kier alpha value is -2.88. The molecule has 0 aliphatic rings. The summed E-state index contributed by atoms with van der Waals surface area (Å²) in [6.07, 6.45) is 1.41. The second kappa shape index (κ2) is 8.47. The summed E-state index contributed by atoms with van der Waals surface area (Å²) in [5, 5.41) is 9.53. The molecule has 0 fully saturated rings. The van der Waals surface area contributed by atoms with Crippen molar-refractivity contribution in [1.82, 2.24) is 15.0 Å². The van der Waals surface area contributed by atoms with E-state index in [0.717, 1.165) is 27.3 Å². The molecule has 30 heavy (non-hydrogen) atoms. The average molecular weight is 460 g/mol. The summed E-state index contributed by atoms with van der Waals surface area (Å²) in [5.41, 5.74) is 2.17. The van der Waals surface area contributed by atoms with Gasteiger partial charge in [0.05, 0.1) is 32.5 Å². The summed E-state index contributed by atoms with van der Waals surface area (Å²) in [6, 6.07) is 7.31. The van der Waals surface area contributed by atoms with Crippen molar-refractivity contribution in [3.05, 3.63) is 69.0 Å². The van der Waals surface area contributed by atoms with Crippen molar-refractivity contribution < 1.29 is 9.18 Å². The van der Waals surface area contributed by atoms with E-state index in [4.69, 9.17) is 11.6 Å². The molecule has 0 saturated heterocycles. The van der Waals surface area contributed by atoms with E-state index in [1.165, 1.54) is 29.7 Å². The molecule has 0 aliphatic heterocycles. The van der Waals surface area contributed by atoms with Gasteiger partial charge in [-0.25, -0.2) is 19.3 Å². The van der Waals surface area contributed by atoms with E-state index in [9.17, 15) is 9.18 Å². The number of carbonyl (C=O) groups is 1. The lowest BCUT2D eigenvalue weighted by Gasteiger charge is -2.07. The molecule has 2 N–H and O–H groups in total. The zero-order chi connectivity index (χ0) is 21.3. The summed E-state index contributed by atoms with van der Waals surface area (Å²) in [5.74, 6) is -0.529. The van der Waals surface area contributed by atoms with Crippen LogP contribution in [0.25, 0.3) is 10.6 Å². The number of pyridine rings is 1. The first-order chi connectivity index (χ1) is 14.4. The Kier molecular flexibility index (Phi) is 5.76. The highest BCUT2D eigenvalue weighted by molar-refractivity contribution is 7.16. The first-order valence-electron chi connectivity index (χ1n) is 8.78. The molecule has 0 unspecified atom stereocenters. The predicted molar refractivity (Wildman–Crippen MR) is 120 cm³/mol. The molecule has 0 atom stereocenters. The highest BCUT2D eigenvalue weighted by Gasteiger charge is 2.13. The Labute approximate surface area is 184 Å². The molecule has 0 saturated carbocycles. The van der Waals surface area contributed by atoms with Gasteiger partial charge in [-0.2, -0.15) is 0 Å². The van der Waals surface area contributed by atoms with Crippen LogP contribution < -0.4 is 10.6 Å². The number of anilines is 3. The smallest absolute Gasteiger partial charge is 0.257 e. The van der Waals surface area contributed by atoms with E-state index >= 15 is 0 Å². The fraction of sp³-hybridized carbons (Fsp3) is 0.100. The number of thiazole rings is 2. The first-order valence-corrected chi connectivity index (χ1v) is 10.9. The molecular weight excluding hydrogens is 445 g/mol. The minimum Gasteiger partial charge on any atom is -0.319 e. The number of hydrogen-bond acceptors (Lipinski definition) is 7. The number of aryl methyl sites for hydroxylation is 2. The molecule has 6 nitrogen and oxygen atoms in total. The van der Waals surface area contributed by atoms with Gasteiger partial charge >= 0.3 is 0 Å². The SMILES string of the molecule is Cc1nc(C)c(-c2csc(Nc3ccc(C(=O)Nc4ccc(Cl)cc4F)cn3)n2)s1. The Morgan fingerprint density at radius 2 is 2.00 bits per heavy atom. The molecule has 152 valence electrons. The van der Waals surface area contributed by atoms with Crippen molar-refractivity contribution in [1.29, 1.82) is 0 Å². The standard InChI is InChI=1S/C20H15ClFN5OS2/c1-10-18(30-11(2)24-10)16-9-29-20(26-16)27-17-6-3-12(8-23-17)19(28)25-15-5-4-13(21)7-14(15)22/h3-9H,1-2H3,(H,25,28)(H,23,26,27). The molecule has 1 amide bonds. The third kappa shape index (κ3) is 4.48. The van der Waals surface area contributed by atoms with Gasteiger partial charge in [-0.3, -0.25) is 4.79 Å². The number of amides is 1. The summed E-state index contributed by atoms with van der Waals surface area (Å²) < 4.78 is 13.9. The van der Waals surface area contributed by atoms with Gasteiger partial charge in [0.25, 0.3) is 5.91 Å². The third-order valence-corrected chi connectivity index (χ3v) is 6.17. The van der Waals surface area contributed by atoms with Gasteiger partial charge in [0.15, 0.2) is 5.13 Å². The molecule has 4 aromatic rings. The van der Waals surface area contributed by atoms with Crippen molar-refractivity contribution in [2.75, 3.05) is 10.6 Å². The van der Waals surface area contributed by atoms with Crippen LogP contribution in [0.2, 0.25) is 5.02 Å². The van der Waals surface area contributed by atoms with Gasteiger partial charge in [0.2, 0.25) is 0 Å². The molecule has 1 aromatic carbocycles. The minimum absolute atomic E-state index is 0.0514. The summed E-state index contributed by atoms with van der Waals surface area (Å²) in [7, 11) is 0. The van der Waals surface area contributed by atoms with Crippen LogP contribution in [0.4, 0.5) is 21.0 Å². The minimum atomic E-state index is -0.604. The van der Waals surface area contributed by atoms with Crippen molar-refractivity contribution in [3.63, 3.8) is 0 Å². The number of nitrogens with zero attached hydrogens (tertiary/aromatic N) is 3. The van der Waals surface area contributed by atoms with E-state index in [2.05, 4.69) is 25.6 Å². The summed E-state index contributed by atoms with van der Waals surface area (Å²) in [6.45, 7) is 3.93. The Morgan fingerprint density at radius 1 is 1.17 bits per heavy atom. The maximum Gasteiger partial charge on any atom is 0.257 e. The number of aromatic nitrogens is 3. The Morgan fingerprint density at radius 3 is 2.67 bits per heavy atom. The van der Waals surface area contributed by atoms with E-state index in [0.29, 0.717) is 16.5 Å². The zero-order valence-electron chi connectivity index (χ0n) is 15.9. The van der Waals surface area contributed by atoms with Gasteiger partial charge in [-0.05, 0) is 44.2 Å². The predicted octanol–water partition coefficient (Wildman–Crippen LogP) is 6.07. The molecule has 0 spiro atoms. The molecule has 10 heteroatoms. The number of halogens is 2. The second-order valence-electron chi connectivity index (χ2n) is 6.32. The van der Waals surface area contributed by atoms with Crippen LogP contribution in [0, 0.1) is 19.7 Å². The number of carbonyl (C=O) groups excluding carboxylic acids is 1. The van der Waals surface area contributed by atoms with Gasteiger partial charge in [-0.15, -0.1) is 22.7 Å².